The highest BCUT2D eigenvalue weighted by molar-refractivity contribution is 6.32. The van der Waals surface area contributed by atoms with E-state index in [4.69, 9.17) is 32.6 Å². The van der Waals surface area contributed by atoms with E-state index in [1.165, 1.54) is 0 Å². The third-order valence-electron chi connectivity index (χ3n) is 7.50. The molecule has 3 aromatic rings. The molecule has 2 aliphatic rings. The van der Waals surface area contributed by atoms with Gasteiger partial charge in [0.1, 0.15) is 10.7 Å². The van der Waals surface area contributed by atoms with Gasteiger partial charge in [-0.3, -0.25) is 14.5 Å². The molecule has 214 valence electrons. The number of aromatic nitrogens is 5. The normalized spacial score (nSPS) is 18.8. The Kier molecular flexibility index (Phi) is 8.24. The van der Waals surface area contributed by atoms with Crippen LogP contribution in [0.25, 0.3) is 11.6 Å². The largest absolute Gasteiger partial charge is 0.420 e. The number of pyridine rings is 1. The first-order valence-electron chi connectivity index (χ1n) is 13.1. The number of piperidine rings is 1. The van der Waals surface area contributed by atoms with Crippen molar-refractivity contribution in [3.05, 3.63) is 44.0 Å². The van der Waals surface area contributed by atoms with Gasteiger partial charge in [0.05, 0.1) is 0 Å². The van der Waals surface area contributed by atoms with Gasteiger partial charge in [0.2, 0.25) is 5.89 Å². The smallest absolute Gasteiger partial charge is 0.270 e. The molecular formula is C25H30Cl2FN9O3. The molecule has 0 spiro atoms. The molecule has 3 aromatic heterocycles. The van der Waals surface area contributed by atoms with E-state index in [2.05, 4.69) is 42.2 Å². The van der Waals surface area contributed by atoms with Crippen LogP contribution in [0.1, 0.15) is 42.4 Å². The van der Waals surface area contributed by atoms with Crippen molar-refractivity contribution in [3.63, 3.8) is 0 Å². The Balaban J connectivity index is 1.25. The molecule has 0 bridgehead atoms. The van der Waals surface area contributed by atoms with Crippen LogP contribution in [0.2, 0.25) is 10.3 Å². The highest BCUT2D eigenvalue weighted by atomic mass is 35.5. The van der Waals surface area contributed by atoms with Crippen molar-refractivity contribution < 1.29 is 13.6 Å². The number of nitrogens with one attached hydrogen (secondary N) is 2. The molecule has 15 heteroatoms. The number of carbonyl (C=O) groups is 1. The molecular weight excluding hydrogens is 564 g/mol. The van der Waals surface area contributed by atoms with Gasteiger partial charge in [-0.05, 0) is 25.3 Å². The van der Waals surface area contributed by atoms with Crippen LogP contribution in [0.4, 0.5) is 16.0 Å². The van der Waals surface area contributed by atoms with Crippen LogP contribution in [0.5, 0.6) is 0 Å². The minimum Gasteiger partial charge on any atom is -0.420 e. The number of nitrogens with zero attached hydrogens (tertiary/aromatic N) is 7. The van der Waals surface area contributed by atoms with Gasteiger partial charge in [0, 0.05) is 58.8 Å². The lowest BCUT2D eigenvalue weighted by Crippen LogP contribution is -2.59. The summed E-state index contributed by atoms with van der Waals surface area (Å²) in [5, 5.41) is 10.8. The van der Waals surface area contributed by atoms with Crippen molar-refractivity contribution in [1.82, 2.24) is 34.9 Å². The van der Waals surface area contributed by atoms with Crippen molar-refractivity contribution >= 4 is 40.7 Å². The first-order chi connectivity index (χ1) is 19.2. The molecule has 12 nitrogen and oxygen atoms in total. The van der Waals surface area contributed by atoms with E-state index in [0.29, 0.717) is 49.4 Å². The monoisotopic (exact) mass is 593 g/mol. The van der Waals surface area contributed by atoms with E-state index in [9.17, 15) is 14.0 Å². The Morgan fingerprint density at radius 1 is 1.20 bits per heavy atom. The number of halogens is 3. The molecule has 5 heterocycles. The minimum absolute atomic E-state index is 0.237. The van der Waals surface area contributed by atoms with Gasteiger partial charge in [-0.1, -0.05) is 30.1 Å². The molecule has 0 aromatic carbocycles. The first kappa shape index (κ1) is 28.2. The first-order valence-corrected chi connectivity index (χ1v) is 13.9. The van der Waals surface area contributed by atoms with E-state index in [1.54, 1.807) is 18.9 Å². The summed E-state index contributed by atoms with van der Waals surface area (Å²) in [6, 6.07) is 1.42. The zero-order valence-corrected chi connectivity index (χ0v) is 23.9. The van der Waals surface area contributed by atoms with Crippen LogP contribution in [-0.4, -0.2) is 92.7 Å². The van der Waals surface area contributed by atoms with Crippen LogP contribution in [0, 0.1) is 12.7 Å². The maximum absolute atomic E-state index is 13.9. The molecule has 1 unspecified atom stereocenters. The lowest BCUT2D eigenvalue weighted by Gasteiger charge is -2.47. The van der Waals surface area contributed by atoms with Crippen molar-refractivity contribution in [1.29, 1.82) is 0 Å². The van der Waals surface area contributed by atoms with E-state index >= 15 is 0 Å². The average molecular weight is 594 g/mol. The second-order valence-electron chi connectivity index (χ2n) is 9.85. The second kappa shape index (κ2) is 11.7. The van der Waals surface area contributed by atoms with Gasteiger partial charge in [-0.2, -0.15) is 0 Å². The summed E-state index contributed by atoms with van der Waals surface area (Å²) in [7, 11) is 1.75. The van der Waals surface area contributed by atoms with Crippen molar-refractivity contribution in [2.24, 2.45) is 0 Å². The number of anilines is 2. The summed E-state index contributed by atoms with van der Waals surface area (Å²) in [5.74, 6) is 0.437. The molecule has 40 heavy (non-hydrogen) atoms. The lowest BCUT2D eigenvalue weighted by molar-refractivity contribution is 0.0489. The molecule has 0 aliphatic carbocycles. The average Bonchev–Trinajstić information content (AvgIpc) is 3.40. The fourth-order valence-electron chi connectivity index (χ4n) is 5.44. The number of hydrogen-bond acceptors (Lipinski definition) is 10. The Hall–Kier alpha value is -3.29. The van der Waals surface area contributed by atoms with Gasteiger partial charge >= 0.3 is 0 Å². The minimum atomic E-state index is -0.825. The topological polar surface area (TPSA) is 136 Å². The summed E-state index contributed by atoms with van der Waals surface area (Å²) in [5.41, 5.74) is -0.532. The van der Waals surface area contributed by atoms with Gasteiger partial charge < -0.3 is 24.5 Å². The number of amides is 1. The predicted octanol–water partition coefficient (Wildman–Crippen LogP) is 3.22. The van der Waals surface area contributed by atoms with E-state index in [1.807, 2.05) is 0 Å². The van der Waals surface area contributed by atoms with E-state index < -0.39 is 22.4 Å². The zero-order valence-electron chi connectivity index (χ0n) is 22.4. The van der Waals surface area contributed by atoms with Gasteiger partial charge in [0.25, 0.3) is 17.4 Å². The molecule has 1 atom stereocenters. The number of carbonyl (C=O) groups excluding carboxylic acids is 1. The van der Waals surface area contributed by atoms with E-state index in [0.717, 1.165) is 31.9 Å². The Labute approximate surface area is 239 Å². The van der Waals surface area contributed by atoms with Crippen LogP contribution >= 0.6 is 23.2 Å². The molecule has 5 rings (SSSR count). The number of rotatable bonds is 6. The number of aryl methyl sites for hydroxylation is 1. The van der Waals surface area contributed by atoms with Crippen molar-refractivity contribution in [2.75, 3.05) is 50.0 Å². The standard InChI is InChI=1S/C25H30Cl2FN9O3/c1-4-14-12-36(22-20(27)30-18(21(29-3)32-22)24-34-33-13(2)40-24)9-10-37(14)15-5-7-35(8-6-15)25(39)16-11-17(28)19(26)31-23(16)38/h11,14-15H,4-10,12H2,1-3H3,(H,29,32)(H,31,38). The highest BCUT2D eigenvalue weighted by Crippen LogP contribution is 2.33. The van der Waals surface area contributed by atoms with Gasteiger partial charge in [-0.15, -0.1) is 10.2 Å². The van der Waals surface area contributed by atoms with Crippen molar-refractivity contribution in [2.45, 2.75) is 45.2 Å². The number of piperazine rings is 1. The van der Waals surface area contributed by atoms with Crippen LogP contribution < -0.4 is 15.8 Å². The molecule has 2 saturated heterocycles. The zero-order chi connectivity index (χ0) is 28.6. The third kappa shape index (κ3) is 5.50. The predicted molar refractivity (Wildman–Crippen MR) is 149 cm³/mol. The molecule has 2 N–H and O–H groups in total. The maximum atomic E-state index is 13.9. The lowest BCUT2D eigenvalue weighted by atomic mass is 9.97. The number of likely N-dealkylation sites (tertiary alicyclic amines) is 1. The number of aromatic amines is 1. The summed E-state index contributed by atoms with van der Waals surface area (Å²) < 4.78 is 19.4. The Morgan fingerprint density at radius 2 is 1.95 bits per heavy atom. The second-order valence-corrected chi connectivity index (χ2v) is 10.6. The van der Waals surface area contributed by atoms with E-state index in [-0.39, 0.29) is 28.7 Å². The third-order valence-corrected chi connectivity index (χ3v) is 8.03. The summed E-state index contributed by atoms with van der Waals surface area (Å²) in [6.45, 7) is 7.00. The quantitative estimate of drug-likeness (QED) is 0.410. The van der Waals surface area contributed by atoms with Crippen LogP contribution in [0.3, 0.4) is 0 Å². The van der Waals surface area contributed by atoms with Gasteiger partial charge in [-0.25, -0.2) is 14.4 Å². The molecule has 0 saturated carbocycles. The van der Waals surface area contributed by atoms with Crippen LogP contribution in [0.15, 0.2) is 15.3 Å². The molecule has 2 fully saturated rings. The Morgan fingerprint density at radius 3 is 2.60 bits per heavy atom. The Bertz CT molecular complexity index is 1460. The fourth-order valence-corrected chi connectivity index (χ4v) is 5.83. The molecule has 2 aliphatic heterocycles. The highest BCUT2D eigenvalue weighted by Gasteiger charge is 2.36. The number of hydrogen-bond donors (Lipinski definition) is 2. The maximum Gasteiger partial charge on any atom is 0.270 e. The summed E-state index contributed by atoms with van der Waals surface area (Å²) in [6.07, 6.45) is 2.41. The fraction of sp³-hybridized carbons (Fsp3) is 0.520. The summed E-state index contributed by atoms with van der Waals surface area (Å²) in [4.78, 5) is 42.8. The molecule has 1 amide bonds. The SMILES string of the molecule is CCC1CN(c2nc(NC)c(-c3nnc(C)o3)nc2Cl)CCN1C1CCN(C(=O)c2cc(F)c(Cl)[nH]c2=O)CC1. The van der Waals surface area contributed by atoms with Gasteiger partial charge in [0.15, 0.2) is 28.3 Å². The van der Waals surface area contributed by atoms with Crippen LogP contribution in [-0.2, 0) is 0 Å². The molecule has 0 radical (unpaired) electrons. The van der Waals surface area contributed by atoms with Crippen molar-refractivity contribution in [3.8, 4) is 11.6 Å². The number of H-pyrrole nitrogens is 1. The summed E-state index contributed by atoms with van der Waals surface area (Å²) >= 11 is 12.2.